The Morgan fingerprint density at radius 3 is 2.59 bits per heavy atom. The summed E-state index contributed by atoms with van der Waals surface area (Å²) in [7, 11) is 0. The molecule has 0 amide bonds. The van der Waals surface area contributed by atoms with E-state index in [2.05, 4.69) is 41.8 Å². The zero-order chi connectivity index (χ0) is 20.1. The van der Waals surface area contributed by atoms with Crippen LogP contribution in [0.5, 0.6) is 5.75 Å². The molecule has 29 heavy (non-hydrogen) atoms. The Hall–Kier alpha value is -1.79. The standard InChI is InChI=1S/C23H35N3O3/c1-3-24-22(26-20-15-19-9-10-21(20)29-19)25-16-23(11-13-27-14-12-23)17-5-7-18(8-6-17)28-4-2/h5-8,19-21H,3-4,9-16H2,1-2H3,(H2,24,25,26). The molecule has 4 rings (SSSR count). The van der Waals surface area contributed by atoms with Crippen molar-refractivity contribution in [3.8, 4) is 5.75 Å². The summed E-state index contributed by atoms with van der Waals surface area (Å²) in [5, 5.41) is 7.08. The van der Waals surface area contributed by atoms with E-state index >= 15 is 0 Å². The molecule has 1 aromatic carbocycles. The van der Waals surface area contributed by atoms with Gasteiger partial charge in [-0.3, -0.25) is 4.99 Å². The maximum Gasteiger partial charge on any atom is 0.191 e. The Morgan fingerprint density at radius 2 is 1.97 bits per heavy atom. The van der Waals surface area contributed by atoms with Crippen molar-refractivity contribution in [1.82, 2.24) is 10.6 Å². The van der Waals surface area contributed by atoms with Crippen molar-refractivity contribution in [3.05, 3.63) is 29.8 Å². The van der Waals surface area contributed by atoms with E-state index in [1.165, 1.54) is 12.0 Å². The molecule has 1 aromatic rings. The first kappa shape index (κ1) is 20.5. The Kier molecular flexibility index (Phi) is 6.60. The summed E-state index contributed by atoms with van der Waals surface area (Å²) < 4.78 is 17.3. The van der Waals surface area contributed by atoms with E-state index in [1.54, 1.807) is 0 Å². The van der Waals surface area contributed by atoms with Crippen molar-refractivity contribution in [2.24, 2.45) is 4.99 Å². The van der Waals surface area contributed by atoms with Crippen molar-refractivity contribution < 1.29 is 14.2 Å². The summed E-state index contributed by atoms with van der Waals surface area (Å²) in [6.45, 7) is 7.99. The SMILES string of the molecule is CCNC(=NCC1(c2ccc(OCC)cc2)CCOCC1)NC1CC2CCC1O2. The molecule has 0 spiro atoms. The Morgan fingerprint density at radius 1 is 1.17 bits per heavy atom. The van der Waals surface area contributed by atoms with Crippen LogP contribution >= 0.6 is 0 Å². The van der Waals surface area contributed by atoms with Gasteiger partial charge < -0.3 is 24.8 Å². The Balaban J connectivity index is 1.49. The molecule has 0 radical (unpaired) electrons. The van der Waals surface area contributed by atoms with Gasteiger partial charge in [-0.15, -0.1) is 0 Å². The smallest absolute Gasteiger partial charge is 0.191 e. The van der Waals surface area contributed by atoms with Gasteiger partial charge in [0.05, 0.1) is 31.4 Å². The van der Waals surface area contributed by atoms with Crippen LogP contribution in [0.25, 0.3) is 0 Å². The van der Waals surface area contributed by atoms with Gasteiger partial charge in [0.2, 0.25) is 0 Å². The first-order valence-corrected chi connectivity index (χ1v) is 11.2. The minimum atomic E-state index is 0.0104. The van der Waals surface area contributed by atoms with Crippen LogP contribution in [0.2, 0.25) is 0 Å². The van der Waals surface area contributed by atoms with Crippen molar-refractivity contribution in [1.29, 1.82) is 0 Å². The molecule has 3 unspecified atom stereocenters. The van der Waals surface area contributed by atoms with Gasteiger partial charge in [0.15, 0.2) is 5.96 Å². The average Bonchev–Trinajstić information content (AvgIpc) is 3.37. The largest absolute Gasteiger partial charge is 0.494 e. The zero-order valence-electron chi connectivity index (χ0n) is 17.8. The van der Waals surface area contributed by atoms with E-state index in [-0.39, 0.29) is 5.41 Å². The second-order valence-corrected chi connectivity index (χ2v) is 8.41. The number of fused-ring (bicyclic) bond motifs is 2. The predicted octanol–water partition coefficient (Wildman–Crippen LogP) is 3.01. The number of rotatable bonds is 7. The highest BCUT2D eigenvalue weighted by molar-refractivity contribution is 5.80. The lowest BCUT2D eigenvalue weighted by molar-refractivity contribution is 0.0530. The Bertz CT molecular complexity index is 685. The van der Waals surface area contributed by atoms with Crippen LogP contribution in [-0.2, 0) is 14.9 Å². The number of hydrogen-bond donors (Lipinski definition) is 2. The zero-order valence-corrected chi connectivity index (χ0v) is 17.8. The summed E-state index contributed by atoms with van der Waals surface area (Å²) in [5.41, 5.74) is 1.34. The summed E-state index contributed by atoms with van der Waals surface area (Å²) >= 11 is 0. The monoisotopic (exact) mass is 401 g/mol. The molecule has 2 N–H and O–H groups in total. The third kappa shape index (κ3) is 4.69. The van der Waals surface area contributed by atoms with Crippen LogP contribution in [-0.4, -0.2) is 57.1 Å². The number of hydrogen-bond acceptors (Lipinski definition) is 4. The molecule has 0 aromatic heterocycles. The normalized spacial score (nSPS) is 28.3. The van der Waals surface area contributed by atoms with Crippen molar-refractivity contribution >= 4 is 5.96 Å². The van der Waals surface area contributed by atoms with E-state index in [0.29, 0.717) is 24.9 Å². The molecule has 0 aliphatic carbocycles. The van der Waals surface area contributed by atoms with Crippen LogP contribution in [0.3, 0.4) is 0 Å². The highest BCUT2D eigenvalue weighted by atomic mass is 16.5. The quantitative estimate of drug-likeness (QED) is 0.543. The van der Waals surface area contributed by atoms with E-state index in [4.69, 9.17) is 19.2 Å². The minimum Gasteiger partial charge on any atom is -0.494 e. The third-order valence-electron chi connectivity index (χ3n) is 6.54. The van der Waals surface area contributed by atoms with Crippen LogP contribution in [0.1, 0.15) is 51.5 Å². The molecule has 3 atom stereocenters. The lowest BCUT2D eigenvalue weighted by atomic mass is 9.74. The van der Waals surface area contributed by atoms with Crippen LogP contribution < -0.4 is 15.4 Å². The molecule has 3 fully saturated rings. The summed E-state index contributed by atoms with van der Waals surface area (Å²) in [6.07, 6.45) is 6.21. The molecule has 0 saturated carbocycles. The number of ether oxygens (including phenoxy) is 3. The molecule has 6 heteroatoms. The van der Waals surface area contributed by atoms with Gasteiger partial charge >= 0.3 is 0 Å². The van der Waals surface area contributed by atoms with Gasteiger partial charge in [-0.05, 0) is 63.6 Å². The van der Waals surface area contributed by atoms with Crippen LogP contribution in [0.15, 0.2) is 29.3 Å². The highest BCUT2D eigenvalue weighted by Crippen LogP contribution is 2.37. The Labute approximate surface area is 174 Å². The highest BCUT2D eigenvalue weighted by Gasteiger charge is 2.41. The number of benzene rings is 1. The third-order valence-corrected chi connectivity index (χ3v) is 6.54. The number of guanidine groups is 1. The van der Waals surface area contributed by atoms with Gasteiger partial charge in [-0.1, -0.05) is 12.1 Å². The molecule has 3 aliphatic heterocycles. The molecular weight excluding hydrogens is 366 g/mol. The molecule has 3 aliphatic rings. The number of aliphatic imine (C=N–C) groups is 1. The maximum absolute atomic E-state index is 6.00. The predicted molar refractivity (Wildman–Crippen MR) is 115 cm³/mol. The molecule has 6 nitrogen and oxygen atoms in total. The fourth-order valence-electron chi connectivity index (χ4n) is 4.89. The molecule has 3 saturated heterocycles. The summed E-state index contributed by atoms with van der Waals surface area (Å²) in [4.78, 5) is 5.04. The van der Waals surface area contributed by atoms with E-state index in [1.807, 2.05) is 6.92 Å². The van der Waals surface area contributed by atoms with Gasteiger partial charge in [-0.25, -0.2) is 0 Å². The van der Waals surface area contributed by atoms with Crippen molar-refractivity contribution in [3.63, 3.8) is 0 Å². The minimum absolute atomic E-state index is 0.0104. The van der Waals surface area contributed by atoms with Gasteiger partial charge in [0.1, 0.15) is 5.75 Å². The van der Waals surface area contributed by atoms with E-state index < -0.39 is 0 Å². The topological polar surface area (TPSA) is 64.1 Å². The van der Waals surface area contributed by atoms with Gasteiger partial charge in [0.25, 0.3) is 0 Å². The van der Waals surface area contributed by atoms with Crippen molar-refractivity contribution in [2.45, 2.75) is 69.6 Å². The summed E-state index contributed by atoms with van der Waals surface area (Å²) in [6, 6.07) is 8.94. The molecular formula is C23H35N3O3. The van der Waals surface area contributed by atoms with E-state index in [0.717, 1.165) is 63.7 Å². The van der Waals surface area contributed by atoms with Crippen molar-refractivity contribution in [2.75, 3.05) is 32.9 Å². The lowest BCUT2D eigenvalue weighted by Gasteiger charge is -2.37. The van der Waals surface area contributed by atoms with Gasteiger partial charge in [-0.2, -0.15) is 0 Å². The maximum atomic E-state index is 6.00. The fraction of sp³-hybridized carbons (Fsp3) is 0.696. The first-order valence-electron chi connectivity index (χ1n) is 11.2. The average molecular weight is 402 g/mol. The number of nitrogens with zero attached hydrogens (tertiary/aromatic N) is 1. The second kappa shape index (κ2) is 9.35. The second-order valence-electron chi connectivity index (χ2n) is 8.41. The van der Waals surface area contributed by atoms with Crippen LogP contribution in [0.4, 0.5) is 0 Å². The number of nitrogens with one attached hydrogen (secondary N) is 2. The first-order chi connectivity index (χ1) is 14.2. The van der Waals surface area contributed by atoms with E-state index in [9.17, 15) is 0 Å². The van der Waals surface area contributed by atoms with Crippen LogP contribution in [0, 0.1) is 0 Å². The molecule has 160 valence electrons. The van der Waals surface area contributed by atoms with Gasteiger partial charge in [0, 0.05) is 25.2 Å². The summed E-state index contributed by atoms with van der Waals surface area (Å²) in [5.74, 6) is 1.83. The molecule has 3 heterocycles. The fourth-order valence-corrected chi connectivity index (χ4v) is 4.89. The molecule has 2 bridgehead atoms. The lowest BCUT2D eigenvalue weighted by Crippen LogP contribution is -2.48.